The molecule has 0 unspecified atom stereocenters. The zero-order valence-electron chi connectivity index (χ0n) is 19.2. The number of aromatic nitrogens is 2. The zero-order valence-corrected chi connectivity index (χ0v) is 20.0. The minimum atomic E-state index is -0.239. The smallest absolute Gasteiger partial charge is 0.258 e. The van der Waals surface area contributed by atoms with E-state index in [1.165, 1.54) is 16.5 Å². The van der Waals surface area contributed by atoms with Crippen LogP contribution in [0, 0.1) is 11.6 Å². The van der Waals surface area contributed by atoms with Gasteiger partial charge < -0.3 is 9.13 Å². The van der Waals surface area contributed by atoms with Gasteiger partial charge in [-0.3, -0.25) is 4.79 Å². The lowest BCUT2D eigenvalue weighted by Crippen LogP contribution is -2.33. The van der Waals surface area contributed by atoms with Crippen molar-refractivity contribution in [2.75, 3.05) is 0 Å². The van der Waals surface area contributed by atoms with E-state index in [4.69, 9.17) is 12.2 Å². The Morgan fingerprint density at radius 2 is 1.48 bits per heavy atom. The van der Waals surface area contributed by atoms with Crippen LogP contribution in [0.4, 0.5) is 0 Å². The number of rotatable bonds is 3. The number of pyridine rings is 2. The standard InChI is InChI=1S/C27H30N2OS/c1-18-7-9-20-11-14-29(25(31)23(20)15-18)27(5,6)17-19-8-10-22-21(16-19)12-13-28(24(22)30)26(2,3)4/h7-16H,17H2,1-6H3. The highest BCUT2D eigenvalue weighted by Crippen LogP contribution is 2.27. The molecule has 4 rings (SSSR count). The molecule has 0 aliphatic carbocycles. The molecule has 0 N–H and O–H groups in total. The summed E-state index contributed by atoms with van der Waals surface area (Å²) in [5.41, 5.74) is 2.02. The summed E-state index contributed by atoms with van der Waals surface area (Å²) in [7, 11) is 0. The average Bonchev–Trinajstić information content (AvgIpc) is 2.67. The second kappa shape index (κ2) is 7.45. The summed E-state index contributed by atoms with van der Waals surface area (Å²) in [6.45, 7) is 12.7. The average molecular weight is 431 g/mol. The monoisotopic (exact) mass is 430 g/mol. The predicted molar refractivity (Wildman–Crippen MR) is 134 cm³/mol. The van der Waals surface area contributed by atoms with E-state index in [2.05, 4.69) is 67.9 Å². The molecule has 3 nitrogen and oxygen atoms in total. The van der Waals surface area contributed by atoms with Crippen molar-refractivity contribution in [2.24, 2.45) is 0 Å². The van der Waals surface area contributed by atoms with Gasteiger partial charge in [0.15, 0.2) is 0 Å². The predicted octanol–water partition coefficient (Wildman–Crippen LogP) is 6.73. The fraction of sp³-hybridized carbons (Fsp3) is 0.333. The van der Waals surface area contributed by atoms with Gasteiger partial charge in [-0.2, -0.15) is 0 Å². The lowest BCUT2D eigenvalue weighted by molar-refractivity contribution is 0.349. The van der Waals surface area contributed by atoms with E-state index in [-0.39, 0.29) is 16.6 Å². The molecule has 0 saturated heterocycles. The minimum Gasteiger partial charge on any atom is -0.333 e. The Hall–Kier alpha value is -2.72. The Labute approximate surface area is 189 Å². The summed E-state index contributed by atoms with van der Waals surface area (Å²) in [6.07, 6.45) is 4.82. The van der Waals surface area contributed by atoms with Crippen LogP contribution in [0.15, 0.2) is 65.7 Å². The van der Waals surface area contributed by atoms with Gasteiger partial charge in [0.2, 0.25) is 0 Å². The van der Waals surface area contributed by atoms with Gasteiger partial charge in [-0.1, -0.05) is 42.0 Å². The Morgan fingerprint density at radius 1 is 0.806 bits per heavy atom. The van der Waals surface area contributed by atoms with Gasteiger partial charge in [-0.15, -0.1) is 0 Å². The quantitative estimate of drug-likeness (QED) is 0.337. The van der Waals surface area contributed by atoms with Crippen molar-refractivity contribution in [3.05, 3.63) is 87.0 Å². The van der Waals surface area contributed by atoms with Gasteiger partial charge in [0.05, 0.1) is 0 Å². The molecule has 4 aromatic rings. The number of benzene rings is 2. The third kappa shape index (κ3) is 3.97. The van der Waals surface area contributed by atoms with E-state index >= 15 is 0 Å². The summed E-state index contributed by atoms with van der Waals surface area (Å²) >= 11 is 5.88. The van der Waals surface area contributed by atoms with E-state index in [0.29, 0.717) is 0 Å². The Morgan fingerprint density at radius 3 is 2.19 bits per heavy atom. The number of nitrogens with zero attached hydrogens (tertiary/aromatic N) is 2. The molecule has 4 heteroatoms. The first-order valence-corrected chi connectivity index (χ1v) is 11.2. The molecule has 0 atom stereocenters. The van der Waals surface area contributed by atoms with Crippen LogP contribution >= 0.6 is 12.2 Å². The van der Waals surface area contributed by atoms with Crippen LogP contribution in [0.2, 0.25) is 0 Å². The van der Waals surface area contributed by atoms with Gasteiger partial charge in [-0.25, -0.2) is 0 Å². The van der Waals surface area contributed by atoms with Crippen molar-refractivity contribution in [1.29, 1.82) is 0 Å². The maximum absolute atomic E-state index is 12.9. The van der Waals surface area contributed by atoms with E-state index in [1.54, 1.807) is 4.57 Å². The normalized spacial score (nSPS) is 12.6. The van der Waals surface area contributed by atoms with Crippen LogP contribution in [0.5, 0.6) is 0 Å². The van der Waals surface area contributed by atoms with Gasteiger partial charge in [0, 0.05) is 34.2 Å². The van der Waals surface area contributed by atoms with Crippen LogP contribution in [0.25, 0.3) is 21.5 Å². The fourth-order valence-corrected chi connectivity index (χ4v) is 4.83. The van der Waals surface area contributed by atoms with Crippen molar-refractivity contribution in [3.63, 3.8) is 0 Å². The molecule has 0 radical (unpaired) electrons. The number of aryl methyl sites for hydroxylation is 1. The molecule has 0 amide bonds. The third-order valence-electron chi connectivity index (χ3n) is 6.04. The van der Waals surface area contributed by atoms with Gasteiger partial charge in [0.1, 0.15) is 4.64 Å². The van der Waals surface area contributed by atoms with Crippen LogP contribution in [-0.4, -0.2) is 9.13 Å². The van der Waals surface area contributed by atoms with Crippen molar-refractivity contribution >= 4 is 33.8 Å². The Bertz CT molecular complexity index is 1420. The Kier molecular flexibility index (Phi) is 5.17. The van der Waals surface area contributed by atoms with Crippen molar-refractivity contribution < 1.29 is 0 Å². The van der Waals surface area contributed by atoms with E-state index in [1.807, 2.05) is 39.1 Å². The van der Waals surface area contributed by atoms with Crippen LogP contribution < -0.4 is 5.56 Å². The summed E-state index contributed by atoms with van der Waals surface area (Å²) in [5, 5.41) is 4.03. The molecule has 0 spiro atoms. The van der Waals surface area contributed by atoms with E-state index < -0.39 is 0 Å². The van der Waals surface area contributed by atoms with Crippen LogP contribution in [0.1, 0.15) is 45.7 Å². The number of hydrogen-bond acceptors (Lipinski definition) is 2. The summed E-state index contributed by atoms with van der Waals surface area (Å²) < 4.78 is 4.86. The maximum Gasteiger partial charge on any atom is 0.258 e. The fourth-order valence-electron chi connectivity index (χ4n) is 4.35. The topological polar surface area (TPSA) is 26.9 Å². The van der Waals surface area contributed by atoms with Crippen molar-refractivity contribution in [1.82, 2.24) is 9.13 Å². The first-order valence-electron chi connectivity index (χ1n) is 10.7. The van der Waals surface area contributed by atoms with Crippen molar-refractivity contribution in [2.45, 2.75) is 59.0 Å². The lowest BCUT2D eigenvalue weighted by atomic mass is 9.92. The molecular formula is C27H30N2OS. The molecule has 0 bridgehead atoms. The van der Waals surface area contributed by atoms with E-state index in [0.717, 1.165) is 27.2 Å². The second-order valence-electron chi connectivity index (χ2n) is 10.2. The first-order chi connectivity index (χ1) is 14.5. The maximum atomic E-state index is 12.9. The lowest BCUT2D eigenvalue weighted by Gasteiger charge is -2.29. The summed E-state index contributed by atoms with van der Waals surface area (Å²) in [4.78, 5) is 12.9. The molecular weight excluding hydrogens is 400 g/mol. The second-order valence-corrected chi connectivity index (χ2v) is 10.5. The molecule has 0 aliphatic rings. The van der Waals surface area contributed by atoms with Crippen LogP contribution in [0.3, 0.4) is 0 Å². The molecule has 0 fully saturated rings. The van der Waals surface area contributed by atoms with Crippen molar-refractivity contribution in [3.8, 4) is 0 Å². The highest BCUT2D eigenvalue weighted by Gasteiger charge is 2.22. The molecule has 2 heterocycles. The number of fused-ring (bicyclic) bond motifs is 2. The van der Waals surface area contributed by atoms with Gasteiger partial charge in [0.25, 0.3) is 5.56 Å². The minimum absolute atomic E-state index is 0.0583. The summed E-state index contributed by atoms with van der Waals surface area (Å²) in [5.74, 6) is 0. The molecule has 2 aromatic carbocycles. The molecule has 2 aromatic heterocycles. The first kappa shape index (κ1) is 21.5. The SMILES string of the molecule is Cc1ccc2ccn(C(C)(C)Cc3ccc4c(=O)n(C(C)(C)C)ccc4c3)c(=S)c2c1. The van der Waals surface area contributed by atoms with Crippen LogP contribution in [-0.2, 0) is 17.5 Å². The molecule has 160 valence electrons. The largest absolute Gasteiger partial charge is 0.333 e. The number of hydrogen-bond donors (Lipinski definition) is 0. The molecule has 0 aliphatic heterocycles. The highest BCUT2D eigenvalue weighted by molar-refractivity contribution is 7.71. The van der Waals surface area contributed by atoms with Gasteiger partial charge in [-0.05, 0) is 88.6 Å². The highest BCUT2D eigenvalue weighted by atomic mass is 32.1. The summed E-state index contributed by atoms with van der Waals surface area (Å²) in [6, 6.07) is 16.8. The van der Waals surface area contributed by atoms with E-state index in [9.17, 15) is 4.79 Å². The zero-order chi connectivity index (χ0) is 22.6. The molecule has 31 heavy (non-hydrogen) atoms. The Balaban J connectivity index is 1.74. The third-order valence-corrected chi connectivity index (χ3v) is 6.46. The van der Waals surface area contributed by atoms with Gasteiger partial charge >= 0.3 is 0 Å². The molecule has 0 saturated carbocycles.